The zero-order valence-corrected chi connectivity index (χ0v) is 10.3. The van der Waals surface area contributed by atoms with Crippen LogP contribution in [0.5, 0.6) is 0 Å². The lowest BCUT2D eigenvalue weighted by atomic mass is 10.1. The predicted molar refractivity (Wildman–Crippen MR) is 65.7 cm³/mol. The van der Waals surface area contributed by atoms with Crippen molar-refractivity contribution in [2.24, 2.45) is 0 Å². The van der Waals surface area contributed by atoms with Gasteiger partial charge in [-0.05, 0) is 30.5 Å². The average Bonchev–Trinajstić information content (AvgIpc) is 2.41. The van der Waals surface area contributed by atoms with E-state index >= 15 is 0 Å². The number of aliphatic hydroxyl groups is 1. The number of hydrogen-bond acceptors (Lipinski definition) is 4. The van der Waals surface area contributed by atoms with Crippen LogP contribution in [-0.2, 0) is 16.1 Å². The molecule has 0 radical (unpaired) electrons. The van der Waals surface area contributed by atoms with E-state index in [1.807, 2.05) is 12.1 Å². The summed E-state index contributed by atoms with van der Waals surface area (Å²) in [6.45, 7) is 1.50. The summed E-state index contributed by atoms with van der Waals surface area (Å²) in [5.41, 5.74) is 1.07. The smallest absolute Gasteiger partial charge is 0.248 e. The van der Waals surface area contributed by atoms with Gasteiger partial charge in [0.2, 0.25) is 5.91 Å². The molecule has 0 saturated carbocycles. The van der Waals surface area contributed by atoms with Crippen LogP contribution in [0.3, 0.4) is 0 Å². The van der Waals surface area contributed by atoms with Crippen molar-refractivity contribution in [3.8, 4) is 0 Å². The van der Waals surface area contributed by atoms with Gasteiger partial charge in [-0.2, -0.15) is 0 Å². The average molecular weight is 250 g/mol. The van der Waals surface area contributed by atoms with Crippen LogP contribution in [-0.4, -0.2) is 46.8 Å². The van der Waals surface area contributed by atoms with Gasteiger partial charge in [0.15, 0.2) is 0 Å². The Morgan fingerprint density at radius 2 is 2.22 bits per heavy atom. The first-order valence-corrected chi connectivity index (χ1v) is 6.18. The second kappa shape index (κ2) is 6.47. The van der Waals surface area contributed by atoms with E-state index in [9.17, 15) is 4.79 Å². The molecule has 1 saturated heterocycles. The molecule has 1 atom stereocenters. The summed E-state index contributed by atoms with van der Waals surface area (Å²) in [5, 5.41) is 8.81. The van der Waals surface area contributed by atoms with Gasteiger partial charge in [0, 0.05) is 32.1 Å². The molecule has 18 heavy (non-hydrogen) atoms. The molecule has 1 unspecified atom stereocenters. The Hall–Kier alpha value is -1.46. The lowest BCUT2D eigenvalue weighted by molar-refractivity contribution is -0.150. The zero-order chi connectivity index (χ0) is 12.8. The van der Waals surface area contributed by atoms with Crippen molar-refractivity contribution >= 4 is 5.91 Å². The fourth-order valence-corrected chi connectivity index (χ4v) is 2.04. The van der Waals surface area contributed by atoms with E-state index in [1.54, 1.807) is 17.3 Å². The molecule has 2 heterocycles. The monoisotopic (exact) mass is 250 g/mol. The molecule has 1 aliphatic rings. The van der Waals surface area contributed by atoms with Crippen molar-refractivity contribution in [2.45, 2.75) is 25.5 Å². The summed E-state index contributed by atoms with van der Waals surface area (Å²) < 4.78 is 5.45. The maximum absolute atomic E-state index is 11.8. The van der Waals surface area contributed by atoms with E-state index in [0.717, 1.165) is 12.0 Å². The molecular weight excluding hydrogens is 232 g/mol. The number of aromatic nitrogens is 1. The molecule has 1 aromatic rings. The van der Waals surface area contributed by atoms with E-state index in [-0.39, 0.29) is 25.2 Å². The van der Waals surface area contributed by atoms with Gasteiger partial charge in [0.05, 0.1) is 6.10 Å². The summed E-state index contributed by atoms with van der Waals surface area (Å²) in [6.07, 6.45) is 4.99. The number of rotatable bonds is 5. The molecule has 0 aliphatic carbocycles. The predicted octanol–water partition coefficient (Wildman–Crippen LogP) is 0.581. The van der Waals surface area contributed by atoms with Crippen LogP contribution in [0, 0.1) is 0 Å². The Bertz CT molecular complexity index is 383. The molecule has 98 valence electrons. The molecule has 5 heteroatoms. The van der Waals surface area contributed by atoms with Crippen LogP contribution in [0.2, 0.25) is 0 Å². The Morgan fingerprint density at radius 1 is 1.44 bits per heavy atom. The van der Waals surface area contributed by atoms with Gasteiger partial charge < -0.3 is 14.7 Å². The highest BCUT2D eigenvalue weighted by Gasteiger charge is 2.25. The first-order valence-electron chi connectivity index (χ1n) is 6.18. The fraction of sp³-hybridized carbons (Fsp3) is 0.538. The van der Waals surface area contributed by atoms with E-state index in [0.29, 0.717) is 19.5 Å². The molecular formula is C13H18N2O3. The summed E-state index contributed by atoms with van der Waals surface area (Å²) in [5.74, 6) is 0.0204. The van der Waals surface area contributed by atoms with E-state index < -0.39 is 0 Å². The lowest BCUT2D eigenvalue weighted by Crippen LogP contribution is -2.46. The minimum absolute atomic E-state index is 0.0204. The van der Waals surface area contributed by atoms with Crippen LogP contribution in [0.4, 0.5) is 0 Å². The van der Waals surface area contributed by atoms with Gasteiger partial charge in [0.1, 0.15) is 6.61 Å². The van der Waals surface area contributed by atoms with E-state index in [4.69, 9.17) is 9.84 Å². The minimum atomic E-state index is 0.0204. The van der Waals surface area contributed by atoms with Gasteiger partial charge in [0.25, 0.3) is 0 Å². The molecule has 2 rings (SSSR count). The van der Waals surface area contributed by atoms with Gasteiger partial charge in [-0.1, -0.05) is 0 Å². The summed E-state index contributed by atoms with van der Waals surface area (Å²) in [4.78, 5) is 17.5. The third-order valence-corrected chi connectivity index (χ3v) is 3.03. The molecule has 1 aromatic heterocycles. The number of hydrogen-bond donors (Lipinski definition) is 1. The third kappa shape index (κ3) is 3.51. The molecule has 1 amide bonds. The van der Waals surface area contributed by atoms with E-state index in [1.165, 1.54) is 0 Å². The van der Waals surface area contributed by atoms with Crippen LogP contribution >= 0.6 is 0 Å². The van der Waals surface area contributed by atoms with Crippen LogP contribution in [0.1, 0.15) is 18.4 Å². The van der Waals surface area contributed by atoms with Gasteiger partial charge >= 0.3 is 0 Å². The number of aliphatic hydroxyl groups excluding tert-OH is 1. The molecule has 5 nitrogen and oxygen atoms in total. The second-order valence-electron chi connectivity index (χ2n) is 4.43. The van der Waals surface area contributed by atoms with Crippen molar-refractivity contribution in [1.29, 1.82) is 0 Å². The largest absolute Gasteiger partial charge is 0.396 e. The minimum Gasteiger partial charge on any atom is -0.396 e. The SMILES string of the molecule is O=C1COC(CCCO)CN1Cc1ccncc1. The summed E-state index contributed by atoms with van der Waals surface area (Å²) >= 11 is 0. The topological polar surface area (TPSA) is 62.7 Å². The van der Waals surface area contributed by atoms with Crippen LogP contribution < -0.4 is 0 Å². The number of amides is 1. The van der Waals surface area contributed by atoms with Gasteiger partial charge in [-0.3, -0.25) is 9.78 Å². The Morgan fingerprint density at radius 3 is 2.94 bits per heavy atom. The lowest BCUT2D eigenvalue weighted by Gasteiger charge is -2.32. The van der Waals surface area contributed by atoms with E-state index in [2.05, 4.69) is 4.98 Å². The molecule has 0 aromatic carbocycles. The Kier molecular flexibility index (Phi) is 4.66. The van der Waals surface area contributed by atoms with Gasteiger partial charge in [-0.15, -0.1) is 0 Å². The molecule has 1 aliphatic heterocycles. The van der Waals surface area contributed by atoms with Gasteiger partial charge in [-0.25, -0.2) is 0 Å². The molecule has 1 fully saturated rings. The molecule has 1 N–H and O–H groups in total. The standard InChI is InChI=1S/C13H18N2O3/c16-7-1-2-12-9-15(13(17)10-18-12)8-11-3-5-14-6-4-11/h3-6,12,16H,1-2,7-10H2. The number of carbonyl (C=O) groups excluding carboxylic acids is 1. The number of pyridine rings is 1. The number of nitrogens with zero attached hydrogens (tertiary/aromatic N) is 2. The number of carbonyl (C=O) groups is 1. The Labute approximate surface area is 106 Å². The number of morpholine rings is 1. The third-order valence-electron chi connectivity index (χ3n) is 3.03. The van der Waals surface area contributed by atoms with Crippen molar-refractivity contribution in [3.63, 3.8) is 0 Å². The quantitative estimate of drug-likeness (QED) is 0.830. The first-order chi connectivity index (χ1) is 8.79. The fourth-order valence-electron chi connectivity index (χ4n) is 2.04. The zero-order valence-electron chi connectivity index (χ0n) is 10.3. The maximum atomic E-state index is 11.8. The van der Waals surface area contributed by atoms with Crippen LogP contribution in [0.15, 0.2) is 24.5 Å². The first kappa shape index (κ1) is 13.0. The normalized spacial score (nSPS) is 20.2. The highest BCUT2D eigenvalue weighted by molar-refractivity contribution is 5.78. The van der Waals surface area contributed by atoms with Crippen molar-refractivity contribution in [1.82, 2.24) is 9.88 Å². The maximum Gasteiger partial charge on any atom is 0.248 e. The van der Waals surface area contributed by atoms with Crippen molar-refractivity contribution < 1.29 is 14.6 Å². The van der Waals surface area contributed by atoms with Crippen molar-refractivity contribution in [3.05, 3.63) is 30.1 Å². The molecule has 0 spiro atoms. The van der Waals surface area contributed by atoms with Crippen molar-refractivity contribution in [2.75, 3.05) is 19.8 Å². The summed E-state index contributed by atoms with van der Waals surface area (Å²) in [6, 6.07) is 3.82. The van der Waals surface area contributed by atoms with Crippen LogP contribution in [0.25, 0.3) is 0 Å². The Balaban J connectivity index is 1.91. The highest BCUT2D eigenvalue weighted by atomic mass is 16.5. The molecule has 0 bridgehead atoms. The summed E-state index contributed by atoms with van der Waals surface area (Å²) in [7, 11) is 0. The number of ether oxygens (including phenoxy) is 1. The second-order valence-corrected chi connectivity index (χ2v) is 4.43. The highest BCUT2D eigenvalue weighted by Crippen LogP contribution is 2.14.